The summed E-state index contributed by atoms with van der Waals surface area (Å²) in [6.07, 6.45) is -0.956. The summed E-state index contributed by atoms with van der Waals surface area (Å²) < 4.78 is 29.9. The first kappa shape index (κ1) is 57.0. The van der Waals surface area contributed by atoms with Gasteiger partial charge in [-0.15, -0.1) is 0 Å². The van der Waals surface area contributed by atoms with E-state index in [0.717, 1.165) is 11.1 Å². The number of alkyl carbamates (subject to hydrolysis) is 2. The van der Waals surface area contributed by atoms with Crippen LogP contribution in [0, 0.1) is 18.8 Å². The third-order valence-electron chi connectivity index (χ3n) is 12.3. The van der Waals surface area contributed by atoms with Gasteiger partial charge in [0.2, 0.25) is 11.8 Å². The van der Waals surface area contributed by atoms with Crippen LogP contribution in [0.2, 0.25) is 0 Å². The largest absolute Gasteiger partial charge is 0.463 e. The van der Waals surface area contributed by atoms with Crippen molar-refractivity contribution in [2.45, 2.75) is 116 Å². The zero-order chi connectivity index (χ0) is 54.6. The maximum atomic E-state index is 14.6. The molecular formula is C57H66N6O13. The van der Waals surface area contributed by atoms with Crippen LogP contribution in [0.3, 0.4) is 0 Å². The van der Waals surface area contributed by atoms with Crippen LogP contribution in [0.15, 0.2) is 149 Å². The van der Waals surface area contributed by atoms with Gasteiger partial charge < -0.3 is 45.0 Å². The predicted octanol–water partition coefficient (Wildman–Crippen LogP) is 5.89. The van der Waals surface area contributed by atoms with E-state index < -0.39 is 114 Å². The Hall–Kier alpha value is -8.32. The smallest absolute Gasteiger partial charge is 0.408 e. The van der Waals surface area contributed by atoms with Crippen LogP contribution in [-0.4, -0.2) is 88.5 Å². The minimum atomic E-state index is -1.37. The molecule has 5 aromatic rings. The summed E-state index contributed by atoms with van der Waals surface area (Å²) in [5.41, 5.74) is 2.00. The number of esters is 2. The first-order valence-electron chi connectivity index (χ1n) is 25.2. The maximum Gasteiger partial charge on any atom is 0.408 e. The minimum Gasteiger partial charge on any atom is -0.463 e. The van der Waals surface area contributed by atoms with E-state index in [9.17, 15) is 38.4 Å². The molecule has 6 atom stereocenters. The lowest BCUT2D eigenvalue weighted by Crippen LogP contribution is -2.62. The molecule has 0 aliphatic carbocycles. The van der Waals surface area contributed by atoms with Crippen molar-refractivity contribution >= 4 is 35.9 Å². The van der Waals surface area contributed by atoms with Crippen LogP contribution in [0.25, 0.3) is 0 Å². The molecule has 19 heteroatoms. The number of amides is 4. The van der Waals surface area contributed by atoms with Crippen LogP contribution < -0.4 is 32.5 Å². The number of aromatic amines is 1. The van der Waals surface area contributed by atoms with Crippen LogP contribution in [0.1, 0.15) is 74.6 Å². The number of rotatable bonds is 25. The highest BCUT2D eigenvalue weighted by Gasteiger charge is 2.39. The number of carbonyl (C=O) groups excluding carboxylic acids is 6. The number of hydrogen-bond acceptors (Lipinski definition) is 13. The summed E-state index contributed by atoms with van der Waals surface area (Å²) in [7, 11) is 0. The monoisotopic (exact) mass is 1040 g/mol. The third-order valence-corrected chi connectivity index (χ3v) is 12.3. The van der Waals surface area contributed by atoms with E-state index in [2.05, 4.69) is 26.3 Å². The van der Waals surface area contributed by atoms with Crippen LogP contribution in [0.4, 0.5) is 9.59 Å². The Bertz CT molecular complexity index is 2730. The van der Waals surface area contributed by atoms with Gasteiger partial charge in [0.1, 0.15) is 44.1 Å². The number of ether oxygens (including phenoxy) is 5. The summed E-state index contributed by atoms with van der Waals surface area (Å²) in [5.74, 6) is -3.88. The Morgan fingerprint density at radius 1 is 0.579 bits per heavy atom. The number of nitrogens with zero attached hydrogens (tertiary/aromatic N) is 1. The van der Waals surface area contributed by atoms with Gasteiger partial charge in [-0.05, 0) is 59.9 Å². The topological polar surface area (TPSA) is 252 Å². The summed E-state index contributed by atoms with van der Waals surface area (Å²) in [4.78, 5) is 110. The molecule has 0 spiro atoms. The number of aromatic nitrogens is 2. The molecule has 19 nitrogen and oxygen atoms in total. The SMILES string of the molecule is Cc1cn([C@H]2C=C[C@@H](COC(=O)CCC(=O)OC([C@H](Cc3ccccc3)NC(=O)C(NC(=O)OCc3ccccc3)C(C)C)[C@H](Cc3ccccc3)NC(=O)C(NC(=O)OCc3ccccc3)C(C)C)O2)c(=O)[nH]c1=O. The van der Waals surface area contributed by atoms with Gasteiger partial charge >= 0.3 is 29.8 Å². The fourth-order valence-electron chi connectivity index (χ4n) is 8.26. The van der Waals surface area contributed by atoms with Crippen molar-refractivity contribution in [2.75, 3.05) is 6.61 Å². The Balaban J connectivity index is 1.26. The predicted molar refractivity (Wildman–Crippen MR) is 280 cm³/mol. The van der Waals surface area contributed by atoms with Crippen molar-refractivity contribution in [3.8, 4) is 0 Å². The van der Waals surface area contributed by atoms with Crippen molar-refractivity contribution in [3.05, 3.63) is 188 Å². The summed E-state index contributed by atoms with van der Waals surface area (Å²) in [6.45, 7) is 8.17. The van der Waals surface area contributed by atoms with E-state index in [-0.39, 0.29) is 32.7 Å². The average molecular weight is 1040 g/mol. The highest BCUT2D eigenvalue weighted by molar-refractivity contribution is 5.87. The Kier molecular flexibility index (Phi) is 21.3. The Morgan fingerprint density at radius 3 is 1.46 bits per heavy atom. The zero-order valence-corrected chi connectivity index (χ0v) is 43.2. The van der Waals surface area contributed by atoms with Crippen LogP contribution in [0.5, 0.6) is 0 Å². The standard InChI is InChI=1S/C57H66N6O13/c1-36(2)49(60-56(70)73-33-41-22-14-8-15-23-41)53(67)58-44(30-39-18-10-6-11-19-39)51(76-48(65)29-28-47(64)72-35-43-26-27-46(75-43)63-32-38(5)52(66)62-55(63)69)45(31-40-20-12-7-13-21-40)59-54(68)50(37(3)4)61-57(71)74-34-42-24-16-9-17-25-42/h6-27,32,36-37,43-46,49-51H,28-31,33-35H2,1-5H3,(H,58,67)(H,59,68)(H,60,70)(H,61,71)(H,62,66,69)/t43-,44-,45-,46+,49?,50?,51?/m0/s1. The van der Waals surface area contributed by atoms with E-state index in [1.54, 1.807) is 95.3 Å². The lowest BCUT2D eigenvalue weighted by Gasteiger charge is -2.36. The van der Waals surface area contributed by atoms with Gasteiger partial charge in [-0.25, -0.2) is 14.4 Å². The van der Waals surface area contributed by atoms with Gasteiger partial charge in [0, 0.05) is 11.8 Å². The molecule has 4 aromatic carbocycles. The van der Waals surface area contributed by atoms with Gasteiger partial charge in [-0.2, -0.15) is 0 Å². The maximum absolute atomic E-state index is 14.6. The Morgan fingerprint density at radius 2 is 1.01 bits per heavy atom. The van der Waals surface area contributed by atoms with Gasteiger partial charge in [0.15, 0.2) is 6.23 Å². The first-order valence-corrected chi connectivity index (χ1v) is 25.2. The number of aryl methyl sites for hydroxylation is 1. The van der Waals surface area contributed by atoms with Crippen molar-refractivity contribution in [2.24, 2.45) is 11.8 Å². The summed E-state index contributed by atoms with van der Waals surface area (Å²) in [6, 6.07) is 31.7. The molecule has 76 heavy (non-hydrogen) atoms. The fraction of sp³-hybridized carbons (Fsp3) is 0.368. The molecule has 6 rings (SSSR count). The molecule has 0 radical (unpaired) electrons. The number of H-pyrrole nitrogens is 1. The van der Waals surface area contributed by atoms with E-state index in [1.165, 1.54) is 10.8 Å². The minimum absolute atomic E-state index is 0.0501. The van der Waals surface area contributed by atoms with Crippen LogP contribution in [-0.2, 0) is 68.9 Å². The molecule has 1 aliphatic rings. The van der Waals surface area contributed by atoms with Crippen LogP contribution >= 0.6 is 0 Å². The Labute approximate surface area is 440 Å². The quantitative estimate of drug-likeness (QED) is 0.0260. The molecule has 5 N–H and O–H groups in total. The molecule has 0 fully saturated rings. The van der Waals surface area contributed by atoms with E-state index in [4.69, 9.17) is 23.7 Å². The molecule has 0 bridgehead atoms. The van der Waals surface area contributed by atoms with E-state index in [0.29, 0.717) is 16.7 Å². The molecule has 1 aliphatic heterocycles. The normalized spacial score (nSPS) is 15.8. The van der Waals surface area contributed by atoms with Crippen molar-refractivity contribution < 1.29 is 52.5 Å². The van der Waals surface area contributed by atoms with Crippen molar-refractivity contribution in [1.29, 1.82) is 0 Å². The highest BCUT2D eigenvalue weighted by atomic mass is 16.6. The van der Waals surface area contributed by atoms with E-state index >= 15 is 0 Å². The number of carbonyl (C=O) groups is 6. The molecule has 402 valence electrons. The molecule has 2 unspecified atom stereocenters. The second-order valence-corrected chi connectivity index (χ2v) is 19.0. The highest BCUT2D eigenvalue weighted by Crippen LogP contribution is 2.22. The molecule has 0 saturated carbocycles. The molecule has 4 amide bonds. The van der Waals surface area contributed by atoms with E-state index in [1.807, 2.05) is 72.8 Å². The second kappa shape index (κ2) is 28.4. The van der Waals surface area contributed by atoms with Gasteiger partial charge in [-0.1, -0.05) is 155 Å². The average Bonchev–Trinajstić information content (AvgIpc) is 3.89. The third kappa shape index (κ3) is 17.7. The van der Waals surface area contributed by atoms with Gasteiger partial charge in [0.25, 0.3) is 5.56 Å². The first-order chi connectivity index (χ1) is 36.5. The second-order valence-electron chi connectivity index (χ2n) is 19.0. The van der Waals surface area contributed by atoms with Crippen molar-refractivity contribution in [3.63, 3.8) is 0 Å². The van der Waals surface area contributed by atoms with Crippen molar-refractivity contribution in [1.82, 2.24) is 30.8 Å². The molecular weight excluding hydrogens is 977 g/mol. The molecule has 0 saturated heterocycles. The number of benzene rings is 4. The zero-order valence-electron chi connectivity index (χ0n) is 43.2. The summed E-state index contributed by atoms with van der Waals surface area (Å²) >= 11 is 0. The lowest BCUT2D eigenvalue weighted by molar-refractivity contribution is -0.158. The molecule has 2 heterocycles. The summed E-state index contributed by atoms with van der Waals surface area (Å²) in [5, 5.41) is 11.5. The van der Waals surface area contributed by atoms with Gasteiger partial charge in [-0.3, -0.25) is 33.5 Å². The molecule has 1 aromatic heterocycles. The fourth-order valence-corrected chi connectivity index (χ4v) is 8.26. The lowest BCUT2D eigenvalue weighted by atomic mass is 9.90. The van der Waals surface area contributed by atoms with Gasteiger partial charge in [0.05, 0.1) is 24.9 Å². The number of hydrogen-bond donors (Lipinski definition) is 5. The number of nitrogens with one attached hydrogen (secondary N) is 5.